The minimum Gasteiger partial charge on any atom is -0.486 e. The van der Waals surface area contributed by atoms with Gasteiger partial charge in [-0.3, -0.25) is 0 Å². The number of hydrogen-bond acceptors (Lipinski definition) is 5. The van der Waals surface area contributed by atoms with Gasteiger partial charge in [0, 0.05) is 17.8 Å². The first kappa shape index (κ1) is 15.8. The summed E-state index contributed by atoms with van der Waals surface area (Å²) in [5, 5.41) is 23.5. The van der Waals surface area contributed by atoms with Crippen LogP contribution >= 0.6 is 0 Å². The summed E-state index contributed by atoms with van der Waals surface area (Å²) in [7, 11) is 0. The van der Waals surface area contributed by atoms with E-state index in [1.165, 1.54) is 6.07 Å². The number of hydrogen-bond donors (Lipinski definition) is 2. The Bertz CT molecular complexity index is 1070. The Hall–Kier alpha value is -3.72. The number of anilines is 2. The largest absolute Gasteiger partial charge is 0.486 e. The monoisotopic (exact) mass is 346 g/mol. The van der Waals surface area contributed by atoms with E-state index in [1.54, 1.807) is 12.1 Å². The summed E-state index contributed by atoms with van der Waals surface area (Å²) in [6.07, 6.45) is 0. The second-order valence-corrected chi connectivity index (χ2v) is 5.86. The minimum atomic E-state index is -1.05. The maximum absolute atomic E-state index is 11.6. The lowest BCUT2D eigenvalue weighted by atomic mass is 10.1. The van der Waals surface area contributed by atoms with Gasteiger partial charge >= 0.3 is 5.97 Å². The second kappa shape index (κ2) is 6.30. The van der Waals surface area contributed by atoms with Crippen molar-refractivity contribution < 1.29 is 19.4 Å². The van der Waals surface area contributed by atoms with Crippen LogP contribution < -0.4 is 14.8 Å². The SMILES string of the molecule is N#Cc1ccc2cc(Nc3cc4c(cc3C(=O)O)OCCO4)ccc2c1. The molecule has 6 nitrogen and oxygen atoms in total. The van der Waals surface area contributed by atoms with Crippen molar-refractivity contribution in [3.05, 3.63) is 59.7 Å². The molecule has 0 atom stereocenters. The molecule has 0 radical (unpaired) electrons. The zero-order valence-corrected chi connectivity index (χ0v) is 13.7. The molecular formula is C20H14N2O4. The summed E-state index contributed by atoms with van der Waals surface area (Å²) >= 11 is 0. The van der Waals surface area contributed by atoms with Crippen LogP contribution in [0.15, 0.2) is 48.5 Å². The first-order valence-electron chi connectivity index (χ1n) is 8.02. The number of ether oxygens (including phenoxy) is 2. The molecule has 0 amide bonds. The number of carbonyl (C=O) groups is 1. The van der Waals surface area contributed by atoms with Gasteiger partial charge in [0.05, 0.1) is 22.9 Å². The van der Waals surface area contributed by atoms with Crippen LogP contribution in [-0.4, -0.2) is 24.3 Å². The Balaban J connectivity index is 1.73. The minimum absolute atomic E-state index is 0.106. The van der Waals surface area contributed by atoms with Crippen LogP contribution in [-0.2, 0) is 0 Å². The molecule has 128 valence electrons. The zero-order chi connectivity index (χ0) is 18.1. The zero-order valence-electron chi connectivity index (χ0n) is 13.7. The molecule has 0 bridgehead atoms. The Morgan fingerprint density at radius 3 is 2.42 bits per heavy atom. The highest BCUT2D eigenvalue weighted by Crippen LogP contribution is 2.37. The van der Waals surface area contributed by atoms with Crippen molar-refractivity contribution in [1.82, 2.24) is 0 Å². The van der Waals surface area contributed by atoms with E-state index in [4.69, 9.17) is 14.7 Å². The molecule has 0 unspecified atom stereocenters. The Morgan fingerprint density at radius 1 is 1.00 bits per heavy atom. The molecule has 1 aliphatic heterocycles. The van der Waals surface area contributed by atoms with Gasteiger partial charge in [-0.05, 0) is 35.0 Å². The van der Waals surface area contributed by atoms with Crippen molar-refractivity contribution in [1.29, 1.82) is 5.26 Å². The fraction of sp³-hybridized carbons (Fsp3) is 0.100. The number of carboxylic acid groups (broad SMARTS) is 1. The van der Waals surface area contributed by atoms with Gasteiger partial charge < -0.3 is 19.9 Å². The molecule has 0 aromatic heterocycles. The third-order valence-electron chi connectivity index (χ3n) is 4.16. The highest BCUT2D eigenvalue weighted by Gasteiger charge is 2.19. The lowest BCUT2D eigenvalue weighted by Crippen LogP contribution is -2.16. The van der Waals surface area contributed by atoms with Crippen LogP contribution in [0, 0.1) is 11.3 Å². The number of nitrogens with zero attached hydrogens (tertiary/aromatic N) is 1. The van der Waals surface area contributed by atoms with Gasteiger partial charge in [-0.2, -0.15) is 5.26 Å². The van der Waals surface area contributed by atoms with E-state index in [1.807, 2.05) is 30.3 Å². The smallest absolute Gasteiger partial charge is 0.337 e. The molecule has 3 aromatic rings. The van der Waals surface area contributed by atoms with Crippen LogP contribution in [0.4, 0.5) is 11.4 Å². The normalized spacial score (nSPS) is 12.4. The molecule has 0 fully saturated rings. The van der Waals surface area contributed by atoms with E-state index in [0.717, 1.165) is 16.5 Å². The standard InChI is InChI=1S/C20H14N2O4/c21-11-12-1-2-14-8-15(4-3-13(14)7-12)22-17-10-19-18(25-5-6-26-19)9-16(17)20(23)24/h1-4,7-10,22H,5-6H2,(H,23,24). The fourth-order valence-corrected chi connectivity index (χ4v) is 2.92. The number of carboxylic acids is 1. The number of nitriles is 1. The van der Waals surface area contributed by atoms with Gasteiger partial charge in [0.1, 0.15) is 13.2 Å². The van der Waals surface area contributed by atoms with Gasteiger partial charge in [0.2, 0.25) is 0 Å². The van der Waals surface area contributed by atoms with Crippen LogP contribution in [0.5, 0.6) is 11.5 Å². The summed E-state index contributed by atoms with van der Waals surface area (Å²) in [4.78, 5) is 11.6. The molecular weight excluding hydrogens is 332 g/mol. The van der Waals surface area contributed by atoms with E-state index in [9.17, 15) is 9.90 Å². The topological polar surface area (TPSA) is 91.6 Å². The van der Waals surface area contributed by atoms with E-state index in [2.05, 4.69) is 11.4 Å². The highest BCUT2D eigenvalue weighted by molar-refractivity contribution is 5.97. The first-order valence-corrected chi connectivity index (χ1v) is 8.02. The molecule has 0 aliphatic carbocycles. The number of nitrogens with one attached hydrogen (secondary N) is 1. The Kier molecular flexibility index (Phi) is 3.82. The molecule has 1 heterocycles. The number of benzene rings is 3. The molecule has 3 aromatic carbocycles. The third-order valence-corrected chi connectivity index (χ3v) is 4.16. The Morgan fingerprint density at radius 2 is 1.69 bits per heavy atom. The first-order chi connectivity index (χ1) is 12.6. The van der Waals surface area contributed by atoms with Gasteiger partial charge in [-0.15, -0.1) is 0 Å². The fourth-order valence-electron chi connectivity index (χ4n) is 2.92. The van der Waals surface area contributed by atoms with Crippen molar-refractivity contribution in [2.24, 2.45) is 0 Å². The van der Waals surface area contributed by atoms with Crippen LogP contribution in [0.2, 0.25) is 0 Å². The van der Waals surface area contributed by atoms with Crippen molar-refractivity contribution in [3.8, 4) is 17.6 Å². The molecule has 26 heavy (non-hydrogen) atoms. The third kappa shape index (κ3) is 2.87. The molecule has 2 N–H and O–H groups in total. The van der Waals surface area contributed by atoms with E-state index in [-0.39, 0.29) is 5.56 Å². The van der Waals surface area contributed by atoms with Crippen LogP contribution in [0.3, 0.4) is 0 Å². The highest BCUT2D eigenvalue weighted by atomic mass is 16.6. The molecule has 6 heteroatoms. The molecule has 0 saturated carbocycles. The number of fused-ring (bicyclic) bond motifs is 2. The van der Waals surface area contributed by atoms with Crippen LogP contribution in [0.1, 0.15) is 15.9 Å². The van der Waals surface area contributed by atoms with Crippen LogP contribution in [0.25, 0.3) is 10.8 Å². The summed E-state index contributed by atoms with van der Waals surface area (Å²) in [6, 6.07) is 16.3. The lowest BCUT2D eigenvalue weighted by molar-refractivity contribution is 0.0697. The average Bonchev–Trinajstić information content (AvgIpc) is 2.66. The van der Waals surface area contributed by atoms with E-state index in [0.29, 0.717) is 36.0 Å². The lowest BCUT2D eigenvalue weighted by Gasteiger charge is -2.20. The summed E-state index contributed by atoms with van der Waals surface area (Å²) in [6.45, 7) is 0.824. The molecule has 4 rings (SSSR count). The van der Waals surface area contributed by atoms with Gasteiger partial charge in [0.25, 0.3) is 0 Å². The second-order valence-electron chi connectivity index (χ2n) is 5.86. The van der Waals surface area contributed by atoms with Crippen molar-refractivity contribution in [3.63, 3.8) is 0 Å². The quantitative estimate of drug-likeness (QED) is 0.747. The maximum atomic E-state index is 11.6. The summed E-state index contributed by atoms with van der Waals surface area (Å²) in [5.41, 5.74) is 1.86. The van der Waals surface area contributed by atoms with Crippen molar-refractivity contribution >= 4 is 28.1 Å². The Labute approximate surface area is 149 Å². The maximum Gasteiger partial charge on any atom is 0.337 e. The van der Waals surface area contributed by atoms with Gasteiger partial charge in [0.15, 0.2) is 11.5 Å². The van der Waals surface area contributed by atoms with Gasteiger partial charge in [-0.1, -0.05) is 12.1 Å². The molecule has 0 spiro atoms. The predicted octanol–water partition coefficient (Wildman–Crippen LogP) is 3.92. The summed E-state index contributed by atoms with van der Waals surface area (Å²) < 4.78 is 11.0. The summed E-state index contributed by atoms with van der Waals surface area (Å²) in [5.74, 6) is -0.103. The van der Waals surface area contributed by atoms with E-state index >= 15 is 0 Å². The predicted molar refractivity (Wildman–Crippen MR) is 96.3 cm³/mol. The van der Waals surface area contributed by atoms with E-state index < -0.39 is 5.97 Å². The number of aromatic carboxylic acids is 1. The number of rotatable bonds is 3. The molecule has 1 aliphatic rings. The van der Waals surface area contributed by atoms with Crippen molar-refractivity contribution in [2.75, 3.05) is 18.5 Å². The molecule has 0 saturated heterocycles. The average molecular weight is 346 g/mol. The van der Waals surface area contributed by atoms with Crippen molar-refractivity contribution in [2.45, 2.75) is 0 Å². The van der Waals surface area contributed by atoms with Gasteiger partial charge in [-0.25, -0.2) is 4.79 Å².